The number of fused-ring (bicyclic) bond motifs is 3. The second-order valence-corrected chi connectivity index (χ2v) is 10.7. The quantitative estimate of drug-likeness (QED) is 0.630. The Hall–Kier alpha value is -3.11. The number of rotatable bonds is 3. The molecule has 2 aromatic carbocycles. The van der Waals surface area contributed by atoms with Crippen molar-refractivity contribution in [2.24, 2.45) is 0 Å². The van der Waals surface area contributed by atoms with Crippen LogP contribution < -0.4 is 4.90 Å². The van der Waals surface area contributed by atoms with E-state index in [1.54, 1.807) is 24.3 Å². The highest BCUT2D eigenvalue weighted by Gasteiger charge is 2.59. The lowest BCUT2D eigenvalue weighted by Crippen LogP contribution is -2.58. The van der Waals surface area contributed by atoms with Gasteiger partial charge in [-0.05, 0) is 51.0 Å². The Morgan fingerprint density at radius 1 is 1.10 bits per heavy atom. The number of anilines is 1. The van der Waals surface area contributed by atoms with E-state index < -0.39 is 20.6 Å². The van der Waals surface area contributed by atoms with Gasteiger partial charge in [0.1, 0.15) is 5.82 Å². The number of sulfone groups is 1. The normalized spacial score (nSPS) is 22.6. The van der Waals surface area contributed by atoms with Crippen LogP contribution in [0, 0.1) is 25.2 Å². The first-order chi connectivity index (χ1) is 14.9. The van der Waals surface area contributed by atoms with Crippen LogP contribution in [-0.4, -0.2) is 35.5 Å². The molecular weight excluding hydrogens is 408 g/mol. The highest BCUT2D eigenvalue weighted by Crippen LogP contribution is 2.48. The lowest BCUT2D eigenvalue weighted by atomic mass is 9.87. The molecular formula is C24H24N4O2S. The maximum Gasteiger partial charge on any atom is 0.199 e. The van der Waals surface area contributed by atoms with Crippen LogP contribution in [0.1, 0.15) is 29.7 Å². The molecule has 1 saturated heterocycles. The smallest absolute Gasteiger partial charge is 0.199 e. The molecule has 5 rings (SSSR count). The fourth-order valence-electron chi connectivity index (χ4n) is 5.06. The minimum absolute atomic E-state index is 0.148. The Labute approximate surface area is 182 Å². The third-order valence-corrected chi connectivity index (χ3v) is 9.02. The van der Waals surface area contributed by atoms with Crippen molar-refractivity contribution in [1.29, 1.82) is 5.26 Å². The van der Waals surface area contributed by atoms with Crippen LogP contribution in [-0.2, 0) is 16.3 Å². The Bertz CT molecular complexity index is 1290. The van der Waals surface area contributed by atoms with Crippen molar-refractivity contribution in [3.05, 3.63) is 71.4 Å². The van der Waals surface area contributed by atoms with Crippen LogP contribution in [0.4, 0.5) is 5.82 Å². The Morgan fingerprint density at radius 3 is 2.48 bits per heavy atom. The van der Waals surface area contributed by atoms with Gasteiger partial charge in [0.05, 0.1) is 28.4 Å². The average molecular weight is 433 g/mol. The van der Waals surface area contributed by atoms with Gasteiger partial charge in [-0.25, -0.2) is 13.1 Å². The van der Waals surface area contributed by atoms with E-state index in [9.17, 15) is 13.7 Å². The molecule has 3 aromatic rings. The van der Waals surface area contributed by atoms with Gasteiger partial charge in [-0.3, -0.25) is 0 Å². The van der Waals surface area contributed by atoms with Crippen molar-refractivity contribution < 1.29 is 8.42 Å². The maximum absolute atomic E-state index is 13.9. The molecule has 1 fully saturated rings. The van der Waals surface area contributed by atoms with Gasteiger partial charge in [0, 0.05) is 18.5 Å². The van der Waals surface area contributed by atoms with E-state index in [-0.39, 0.29) is 11.3 Å². The summed E-state index contributed by atoms with van der Waals surface area (Å²) < 4.78 is 28.2. The van der Waals surface area contributed by atoms with Gasteiger partial charge in [0.25, 0.3) is 0 Å². The second-order valence-electron chi connectivity index (χ2n) is 8.48. The fourth-order valence-corrected chi connectivity index (χ4v) is 7.03. The van der Waals surface area contributed by atoms with Crippen molar-refractivity contribution in [2.75, 3.05) is 11.4 Å². The Morgan fingerprint density at radius 2 is 1.81 bits per heavy atom. The van der Waals surface area contributed by atoms with Crippen molar-refractivity contribution in [2.45, 2.75) is 48.8 Å². The molecule has 0 radical (unpaired) electrons. The van der Waals surface area contributed by atoms with Gasteiger partial charge in [-0.1, -0.05) is 35.9 Å². The largest absolute Gasteiger partial charge is 0.351 e. The van der Waals surface area contributed by atoms with E-state index in [0.717, 1.165) is 34.7 Å². The van der Waals surface area contributed by atoms with Gasteiger partial charge in [-0.2, -0.15) is 10.4 Å². The topological polar surface area (TPSA) is 79.0 Å². The molecule has 2 aliphatic rings. The van der Waals surface area contributed by atoms with Crippen molar-refractivity contribution >= 4 is 15.7 Å². The van der Waals surface area contributed by atoms with E-state index in [1.165, 1.54) is 0 Å². The number of nitrogens with zero attached hydrogens (tertiary/aromatic N) is 4. The molecule has 0 unspecified atom stereocenters. The highest BCUT2D eigenvalue weighted by molar-refractivity contribution is 7.93. The molecule has 7 heteroatoms. The third-order valence-electron chi connectivity index (χ3n) is 6.66. The number of aryl methyl sites for hydroxylation is 2. The monoisotopic (exact) mass is 432 g/mol. The molecule has 3 heterocycles. The molecule has 2 aliphatic heterocycles. The van der Waals surface area contributed by atoms with Crippen LogP contribution in [0.25, 0.3) is 5.69 Å². The van der Waals surface area contributed by atoms with E-state index in [4.69, 9.17) is 5.10 Å². The molecule has 6 nitrogen and oxygen atoms in total. The summed E-state index contributed by atoms with van der Waals surface area (Å²) in [7, 11) is -3.90. The van der Waals surface area contributed by atoms with Crippen LogP contribution in [0.3, 0.4) is 0 Å². The van der Waals surface area contributed by atoms with Gasteiger partial charge < -0.3 is 4.90 Å². The van der Waals surface area contributed by atoms with Crippen LogP contribution in [0.5, 0.6) is 0 Å². The lowest BCUT2D eigenvalue weighted by Gasteiger charge is -2.43. The maximum atomic E-state index is 13.9. The number of nitriles is 1. The molecule has 0 saturated carbocycles. The summed E-state index contributed by atoms with van der Waals surface area (Å²) in [5.74, 6) is 0.927. The first-order valence-corrected chi connectivity index (χ1v) is 12.0. The summed E-state index contributed by atoms with van der Waals surface area (Å²) in [5.41, 5.74) is 3.53. The molecule has 1 aromatic heterocycles. The van der Waals surface area contributed by atoms with Crippen LogP contribution in [0.15, 0.2) is 59.5 Å². The standard InChI is InChI=1S/C24H24N4O2S/c1-17-10-12-20(13-11-17)31(29,30)24(16-25)15-21-18(2)26-28(19-7-4-3-5-8-19)23(21)27-14-6-9-22(24)27/h3-5,7-8,10-13,22H,6,9,14-15H2,1-2H3/t22-,24-/m1/s1. The van der Waals surface area contributed by atoms with Crippen LogP contribution >= 0.6 is 0 Å². The summed E-state index contributed by atoms with van der Waals surface area (Å²) in [6, 6.07) is 18.6. The number of hydrogen-bond donors (Lipinski definition) is 0. The molecule has 0 bridgehead atoms. The molecule has 158 valence electrons. The van der Waals surface area contributed by atoms with Gasteiger partial charge in [0.2, 0.25) is 0 Å². The van der Waals surface area contributed by atoms with Crippen molar-refractivity contribution in [3.63, 3.8) is 0 Å². The Kier molecular flexibility index (Phi) is 4.45. The minimum Gasteiger partial charge on any atom is -0.351 e. The predicted molar refractivity (Wildman–Crippen MR) is 119 cm³/mol. The summed E-state index contributed by atoms with van der Waals surface area (Å²) in [6.07, 6.45) is 1.65. The van der Waals surface area contributed by atoms with Gasteiger partial charge >= 0.3 is 0 Å². The summed E-state index contributed by atoms with van der Waals surface area (Å²) in [5, 5.41) is 15.2. The second kappa shape index (κ2) is 6.96. The molecule has 0 amide bonds. The predicted octanol–water partition coefficient (Wildman–Crippen LogP) is 3.75. The summed E-state index contributed by atoms with van der Waals surface area (Å²) in [6.45, 7) is 4.53. The first-order valence-electron chi connectivity index (χ1n) is 10.5. The number of benzene rings is 2. The molecule has 0 aliphatic carbocycles. The lowest BCUT2D eigenvalue weighted by molar-refractivity contribution is 0.472. The average Bonchev–Trinajstić information content (AvgIpc) is 3.39. The SMILES string of the molecule is Cc1ccc(S(=O)(=O)[C@@]2(C#N)Cc3c(C)nn(-c4ccccc4)c3N3CCC[C@@H]32)cc1. The molecule has 0 N–H and O–H groups in total. The zero-order valence-corrected chi connectivity index (χ0v) is 18.4. The van der Waals surface area contributed by atoms with Crippen molar-refractivity contribution in [1.82, 2.24) is 9.78 Å². The fraction of sp³-hybridized carbons (Fsp3) is 0.333. The van der Waals surface area contributed by atoms with E-state index in [1.807, 2.05) is 48.9 Å². The zero-order valence-electron chi connectivity index (χ0n) is 17.6. The third kappa shape index (κ3) is 2.75. The van der Waals surface area contributed by atoms with E-state index >= 15 is 0 Å². The Balaban J connectivity index is 1.72. The zero-order chi connectivity index (χ0) is 21.8. The number of aromatic nitrogens is 2. The molecule has 2 atom stereocenters. The first kappa shape index (κ1) is 19.8. The number of para-hydroxylation sites is 1. The van der Waals surface area contributed by atoms with Crippen LogP contribution in [0.2, 0.25) is 0 Å². The molecule has 0 spiro atoms. The summed E-state index contributed by atoms with van der Waals surface area (Å²) >= 11 is 0. The van der Waals surface area contributed by atoms with Crippen molar-refractivity contribution in [3.8, 4) is 11.8 Å². The van der Waals surface area contributed by atoms with Gasteiger partial charge in [-0.15, -0.1) is 0 Å². The summed E-state index contributed by atoms with van der Waals surface area (Å²) in [4.78, 5) is 2.32. The van der Waals surface area contributed by atoms with Gasteiger partial charge in [0.15, 0.2) is 14.6 Å². The van der Waals surface area contributed by atoms with E-state index in [2.05, 4.69) is 11.0 Å². The van der Waals surface area contributed by atoms with E-state index in [0.29, 0.717) is 13.0 Å². The highest BCUT2D eigenvalue weighted by atomic mass is 32.2. The minimum atomic E-state index is -3.90. The molecule has 31 heavy (non-hydrogen) atoms. The number of hydrogen-bond acceptors (Lipinski definition) is 5.